The second-order valence-electron chi connectivity index (χ2n) is 5.88. The lowest BCUT2D eigenvalue weighted by Crippen LogP contribution is -2.18. The number of ether oxygens (including phenoxy) is 1. The highest BCUT2D eigenvalue weighted by Crippen LogP contribution is 2.31. The number of rotatable bonds is 3. The van der Waals surface area contributed by atoms with Crippen LogP contribution in [0.15, 0.2) is 70.0 Å². The number of aryl methyl sites for hydroxylation is 1. The molecule has 1 heterocycles. The van der Waals surface area contributed by atoms with Gasteiger partial charge >= 0.3 is 0 Å². The molecule has 0 N–H and O–H groups in total. The highest BCUT2D eigenvalue weighted by molar-refractivity contribution is 7.95. The fourth-order valence-corrected chi connectivity index (χ4v) is 3.75. The van der Waals surface area contributed by atoms with E-state index in [-0.39, 0.29) is 15.9 Å². The quantitative estimate of drug-likeness (QED) is 0.783. The van der Waals surface area contributed by atoms with E-state index >= 15 is 0 Å². The molecule has 0 saturated carbocycles. The Morgan fingerprint density at radius 3 is 2.52 bits per heavy atom. The first-order chi connectivity index (χ1) is 11.9. The van der Waals surface area contributed by atoms with E-state index in [9.17, 15) is 13.7 Å². The number of hydrogen-bond acceptors (Lipinski definition) is 4. The van der Waals surface area contributed by atoms with Crippen molar-refractivity contribution in [1.82, 2.24) is 0 Å². The second kappa shape index (κ2) is 6.58. The topological polar surface area (TPSA) is 67.2 Å². The van der Waals surface area contributed by atoms with Crippen LogP contribution in [0.2, 0.25) is 0 Å². The van der Waals surface area contributed by atoms with Crippen molar-refractivity contribution >= 4 is 15.9 Å². The van der Waals surface area contributed by atoms with Crippen molar-refractivity contribution in [2.24, 2.45) is 0 Å². The van der Waals surface area contributed by atoms with Gasteiger partial charge in [-0.1, -0.05) is 35.9 Å². The van der Waals surface area contributed by atoms with Gasteiger partial charge in [-0.15, -0.1) is 0 Å². The van der Waals surface area contributed by atoms with Crippen LogP contribution in [0.4, 0.5) is 0 Å². The van der Waals surface area contributed by atoms with Gasteiger partial charge in [0.05, 0.1) is 4.90 Å². The summed E-state index contributed by atoms with van der Waals surface area (Å²) in [6.07, 6.45) is 2.91. The van der Waals surface area contributed by atoms with Crippen molar-refractivity contribution in [3.63, 3.8) is 0 Å². The van der Waals surface area contributed by atoms with Gasteiger partial charge in [0.15, 0.2) is 0 Å². The van der Waals surface area contributed by atoms with Gasteiger partial charge in [0.25, 0.3) is 0 Å². The zero-order chi connectivity index (χ0) is 18.0. The molecule has 126 valence electrons. The zero-order valence-electron chi connectivity index (χ0n) is 13.9. The van der Waals surface area contributed by atoms with Gasteiger partial charge in [0.2, 0.25) is 9.84 Å². The molecular weight excluding hydrogens is 334 g/mol. The molecule has 1 atom stereocenters. The van der Waals surface area contributed by atoms with E-state index in [1.165, 1.54) is 18.2 Å². The van der Waals surface area contributed by atoms with Gasteiger partial charge in [-0.2, -0.15) is 5.26 Å². The standard InChI is InChI=1S/C20H17NO3S/c1-14-7-9-18(10-8-14)25(22,23)19(13-21)12-17-11-16-5-3-4-6-20(16)24-15(17)2/h3-12,15H,1-2H3/b19-12+/t15-/m0/s1. The number of sulfone groups is 1. The van der Waals surface area contributed by atoms with E-state index < -0.39 is 9.84 Å². The molecule has 1 aliphatic heterocycles. The zero-order valence-corrected chi connectivity index (χ0v) is 14.7. The summed E-state index contributed by atoms with van der Waals surface area (Å²) in [5.41, 5.74) is 2.46. The predicted molar refractivity (Wildman–Crippen MR) is 96.6 cm³/mol. The number of benzene rings is 2. The van der Waals surface area contributed by atoms with Crippen LogP contribution in [0.25, 0.3) is 6.08 Å². The first-order valence-electron chi connectivity index (χ1n) is 7.82. The molecule has 4 nitrogen and oxygen atoms in total. The summed E-state index contributed by atoms with van der Waals surface area (Å²) in [5, 5.41) is 9.42. The molecule has 25 heavy (non-hydrogen) atoms. The molecule has 0 fully saturated rings. The predicted octanol–water partition coefficient (Wildman–Crippen LogP) is 4.04. The minimum atomic E-state index is -3.86. The molecule has 0 saturated heterocycles. The summed E-state index contributed by atoms with van der Waals surface area (Å²) in [4.78, 5) is -0.186. The summed E-state index contributed by atoms with van der Waals surface area (Å²) in [7, 11) is -3.86. The van der Waals surface area contributed by atoms with Crippen LogP contribution < -0.4 is 4.74 Å². The largest absolute Gasteiger partial charge is 0.485 e. The highest BCUT2D eigenvalue weighted by Gasteiger charge is 2.24. The molecule has 1 aliphatic rings. The maximum Gasteiger partial charge on any atom is 0.216 e. The van der Waals surface area contributed by atoms with E-state index in [2.05, 4.69) is 0 Å². The SMILES string of the molecule is Cc1ccc(S(=O)(=O)/C(C#N)=C/C2=Cc3ccccc3O[C@H]2C)cc1. The van der Waals surface area contributed by atoms with Crippen molar-refractivity contribution in [2.75, 3.05) is 0 Å². The first-order valence-corrected chi connectivity index (χ1v) is 9.31. The Morgan fingerprint density at radius 2 is 1.84 bits per heavy atom. The Morgan fingerprint density at radius 1 is 1.16 bits per heavy atom. The summed E-state index contributed by atoms with van der Waals surface area (Å²) in [5.74, 6) is 0.743. The van der Waals surface area contributed by atoms with Crippen molar-refractivity contribution in [3.05, 3.63) is 76.2 Å². The van der Waals surface area contributed by atoms with Crippen LogP contribution in [-0.2, 0) is 9.84 Å². The molecule has 0 bridgehead atoms. The maximum atomic E-state index is 12.7. The van der Waals surface area contributed by atoms with E-state index in [1.807, 2.05) is 50.3 Å². The second-order valence-corrected chi connectivity index (χ2v) is 7.80. The molecule has 2 aromatic rings. The third kappa shape index (κ3) is 3.35. The van der Waals surface area contributed by atoms with Crippen molar-refractivity contribution in [1.29, 1.82) is 5.26 Å². The Balaban J connectivity index is 2.05. The first kappa shape index (κ1) is 17.0. The molecule has 0 radical (unpaired) electrons. The number of fused-ring (bicyclic) bond motifs is 1. The van der Waals surface area contributed by atoms with E-state index in [4.69, 9.17) is 4.74 Å². The monoisotopic (exact) mass is 351 g/mol. The van der Waals surface area contributed by atoms with Gasteiger partial charge in [0, 0.05) is 5.56 Å². The van der Waals surface area contributed by atoms with Gasteiger partial charge in [-0.25, -0.2) is 8.42 Å². The Bertz CT molecular complexity index is 1010. The number of nitriles is 1. The number of allylic oxidation sites excluding steroid dienone is 1. The lowest BCUT2D eigenvalue weighted by atomic mass is 10.0. The Labute approximate surface area is 147 Å². The van der Waals surface area contributed by atoms with Gasteiger partial charge in [-0.3, -0.25) is 0 Å². The molecular formula is C20H17NO3S. The summed E-state index contributed by atoms with van der Waals surface area (Å²) in [6, 6.07) is 15.8. The summed E-state index contributed by atoms with van der Waals surface area (Å²) in [6.45, 7) is 3.70. The van der Waals surface area contributed by atoms with Crippen LogP contribution in [0.5, 0.6) is 5.75 Å². The Hall–Kier alpha value is -2.84. The van der Waals surface area contributed by atoms with E-state index in [0.717, 1.165) is 16.9 Å². The fourth-order valence-electron chi connectivity index (χ4n) is 2.59. The van der Waals surface area contributed by atoms with Crippen molar-refractivity contribution in [3.8, 4) is 11.8 Å². The molecule has 5 heteroatoms. The molecule has 0 unspecified atom stereocenters. The third-order valence-electron chi connectivity index (χ3n) is 4.04. The smallest absolute Gasteiger partial charge is 0.216 e. The number of para-hydroxylation sites is 1. The molecule has 2 aromatic carbocycles. The van der Waals surface area contributed by atoms with Crippen molar-refractivity contribution in [2.45, 2.75) is 24.8 Å². The van der Waals surface area contributed by atoms with Gasteiger partial charge in [0.1, 0.15) is 22.8 Å². The van der Waals surface area contributed by atoms with Crippen molar-refractivity contribution < 1.29 is 13.2 Å². The summed E-state index contributed by atoms with van der Waals surface area (Å²) < 4.78 is 31.3. The van der Waals surface area contributed by atoms with Crippen LogP contribution in [0, 0.1) is 18.3 Å². The molecule has 0 aliphatic carbocycles. The van der Waals surface area contributed by atoms with E-state index in [0.29, 0.717) is 5.57 Å². The maximum absolute atomic E-state index is 12.7. The summed E-state index contributed by atoms with van der Waals surface area (Å²) >= 11 is 0. The fraction of sp³-hybridized carbons (Fsp3) is 0.150. The number of nitrogens with zero attached hydrogens (tertiary/aromatic N) is 1. The molecule has 0 amide bonds. The highest BCUT2D eigenvalue weighted by atomic mass is 32.2. The minimum absolute atomic E-state index is 0.108. The van der Waals surface area contributed by atoms with Crippen LogP contribution in [0.1, 0.15) is 18.1 Å². The van der Waals surface area contributed by atoms with Crippen LogP contribution >= 0.6 is 0 Å². The van der Waals surface area contributed by atoms with Gasteiger partial charge < -0.3 is 4.74 Å². The average molecular weight is 351 g/mol. The molecule has 0 spiro atoms. The van der Waals surface area contributed by atoms with Gasteiger partial charge in [-0.05, 0) is 49.8 Å². The lowest BCUT2D eigenvalue weighted by Gasteiger charge is -2.23. The van der Waals surface area contributed by atoms with Crippen LogP contribution in [-0.4, -0.2) is 14.5 Å². The molecule has 3 rings (SSSR count). The van der Waals surface area contributed by atoms with E-state index in [1.54, 1.807) is 12.1 Å². The Kier molecular flexibility index (Phi) is 4.47. The third-order valence-corrected chi connectivity index (χ3v) is 5.72. The minimum Gasteiger partial charge on any atom is -0.485 e. The normalized spacial score (nSPS) is 17.1. The van der Waals surface area contributed by atoms with Crippen LogP contribution in [0.3, 0.4) is 0 Å². The average Bonchev–Trinajstić information content (AvgIpc) is 2.60. The lowest BCUT2D eigenvalue weighted by molar-refractivity contribution is 0.257. The number of hydrogen-bond donors (Lipinski definition) is 0. The molecule has 0 aromatic heterocycles.